The molecule has 1 amide bonds. The van der Waals surface area contributed by atoms with Crippen LogP contribution < -0.4 is 14.8 Å². The van der Waals surface area contributed by atoms with Crippen LogP contribution in [0.2, 0.25) is 0 Å². The number of hydrogen-bond acceptors (Lipinski definition) is 5. The van der Waals surface area contributed by atoms with Crippen molar-refractivity contribution in [2.24, 2.45) is 0 Å². The minimum atomic E-state index is 0. The van der Waals surface area contributed by atoms with Gasteiger partial charge in [0, 0.05) is 26.2 Å². The Bertz CT molecular complexity index is 536. The molecule has 1 aromatic carbocycles. The molecule has 0 spiro atoms. The molecule has 2 rings (SSSR count). The van der Waals surface area contributed by atoms with Gasteiger partial charge < -0.3 is 24.4 Å². The number of halogens is 1. The van der Waals surface area contributed by atoms with E-state index in [2.05, 4.69) is 5.32 Å². The third-order valence-electron chi connectivity index (χ3n) is 4.23. The van der Waals surface area contributed by atoms with Gasteiger partial charge in [0.05, 0.1) is 26.9 Å². The molecule has 1 atom stereocenters. The molecule has 0 aromatic heterocycles. The minimum Gasteiger partial charge on any atom is -0.493 e. The number of benzene rings is 1. The average molecular weight is 373 g/mol. The second-order valence-corrected chi connectivity index (χ2v) is 5.86. The predicted octanol–water partition coefficient (Wildman–Crippen LogP) is 2.24. The van der Waals surface area contributed by atoms with E-state index in [9.17, 15) is 4.79 Å². The SMILES string of the molecule is CCN(Cc1ccc(OC)c(OC)c1)C(=O)CNCC1CCCO1.Cl. The first-order valence-corrected chi connectivity index (χ1v) is 8.49. The Kier molecular flexibility index (Phi) is 9.63. The lowest BCUT2D eigenvalue weighted by Gasteiger charge is -2.22. The second-order valence-electron chi connectivity index (χ2n) is 5.86. The van der Waals surface area contributed by atoms with Crippen molar-refractivity contribution in [3.8, 4) is 11.5 Å². The second kappa shape index (κ2) is 11.2. The third kappa shape index (κ3) is 6.38. The zero-order valence-corrected chi connectivity index (χ0v) is 16.1. The van der Waals surface area contributed by atoms with Gasteiger partial charge in [-0.3, -0.25) is 4.79 Å². The van der Waals surface area contributed by atoms with Crippen molar-refractivity contribution in [1.29, 1.82) is 0 Å². The van der Waals surface area contributed by atoms with Crippen LogP contribution in [-0.2, 0) is 16.1 Å². The first-order valence-electron chi connectivity index (χ1n) is 8.49. The average Bonchev–Trinajstić information content (AvgIpc) is 3.12. The summed E-state index contributed by atoms with van der Waals surface area (Å²) in [4.78, 5) is 14.2. The molecular formula is C18H29ClN2O4. The molecule has 1 N–H and O–H groups in total. The summed E-state index contributed by atoms with van der Waals surface area (Å²) in [5.74, 6) is 1.45. The van der Waals surface area contributed by atoms with E-state index in [4.69, 9.17) is 14.2 Å². The highest BCUT2D eigenvalue weighted by atomic mass is 35.5. The Morgan fingerprint density at radius 2 is 2.08 bits per heavy atom. The van der Waals surface area contributed by atoms with Crippen molar-refractivity contribution in [3.63, 3.8) is 0 Å². The van der Waals surface area contributed by atoms with E-state index >= 15 is 0 Å². The zero-order chi connectivity index (χ0) is 17.4. The van der Waals surface area contributed by atoms with Crippen LogP contribution in [0, 0.1) is 0 Å². The van der Waals surface area contributed by atoms with Gasteiger partial charge in [-0.05, 0) is 37.5 Å². The van der Waals surface area contributed by atoms with Gasteiger partial charge in [-0.25, -0.2) is 0 Å². The van der Waals surface area contributed by atoms with E-state index in [1.54, 1.807) is 14.2 Å². The van der Waals surface area contributed by atoms with Gasteiger partial charge in [-0.1, -0.05) is 6.07 Å². The van der Waals surface area contributed by atoms with Crippen LogP contribution in [0.25, 0.3) is 0 Å². The largest absolute Gasteiger partial charge is 0.493 e. The van der Waals surface area contributed by atoms with Gasteiger partial charge in [-0.2, -0.15) is 0 Å². The number of ether oxygens (including phenoxy) is 3. The molecule has 7 heteroatoms. The maximum Gasteiger partial charge on any atom is 0.236 e. The number of amides is 1. The molecule has 1 saturated heterocycles. The fraction of sp³-hybridized carbons (Fsp3) is 0.611. The number of likely N-dealkylation sites (N-methyl/N-ethyl adjacent to an activating group) is 1. The van der Waals surface area contributed by atoms with Crippen LogP contribution in [0.1, 0.15) is 25.3 Å². The van der Waals surface area contributed by atoms with Gasteiger partial charge >= 0.3 is 0 Å². The normalized spacial score (nSPS) is 16.2. The number of carbonyl (C=O) groups excluding carboxylic acids is 1. The standard InChI is InChI=1S/C18H28N2O4.ClH/c1-4-20(18(21)12-19-11-15-6-5-9-24-15)13-14-7-8-16(22-2)17(10-14)23-3;/h7-8,10,15,19H,4-6,9,11-13H2,1-3H3;1H. The molecule has 1 aliphatic heterocycles. The lowest BCUT2D eigenvalue weighted by Crippen LogP contribution is -2.39. The highest BCUT2D eigenvalue weighted by Gasteiger charge is 2.17. The highest BCUT2D eigenvalue weighted by molar-refractivity contribution is 5.85. The Morgan fingerprint density at radius 3 is 2.68 bits per heavy atom. The molecule has 1 heterocycles. The maximum absolute atomic E-state index is 12.4. The van der Waals surface area contributed by atoms with E-state index in [0.717, 1.165) is 31.6 Å². The fourth-order valence-electron chi connectivity index (χ4n) is 2.83. The Labute approximate surface area is 156 Å². The number of hydrogen-bond donors (Lipinski definition) is 1. The van der Waals surface area contributed by atoms with E-state index in [0.29, 0.717) is 31.1 Å². The van der Waals surface area contributed by atoms with Crippen molar-refractivity contribution in [3.05, 3.63) is 23.8 Å². The van der Waals surface area contributed by atoms with Crippen LogP contribution in [0.3, 0.4) is 0 Å². The van der Waals surface area contributed by atoms with Gasteiger partial charge in [0.1, 0.15) is 0 Å². The van der Waals surface area contributed by atoms with Crippen LogP contribution >= 0.6 is 12.4 Å². The number of nitrogens with zero attached hydrogens (tertiary/aromatic N) is 1. The third-order valence-corrected chi connectivity index (χ3v) is 4.23. The Morgan fingerprint density at radius 1 is 1.32 bits per heavy atom. The van der Waals surface area contributed by atoms with Gasteiger partial charge in [0.25, 0.3) is 0 Å². The molecule has 1 aliphatic rings. The molecule has 0 bridgehead atoms. The van der Waals surface area contributed by atoms with Crippen molar-refractivity contribution in [1.82, 2.24) is 10.2 Å². The number of carbonyl (C=O) groups is 1. The van der Waals surface area contributed by atoms with Crippen LogP contribution in [0.15, 0.2) is 18.2 Å². The number of nitrogens with one attached hydrogen (secondary N) is 1. The highest BCUT2D eigenvalue weighted by Crippen LogP contribution is 2.28. The zero-order valence-electron chi connectivity index (χ0n) is 15.2. The molecule has 6 nitrogen and oxygen atoms in total. The fourth-order valence-corrected chi connectivity index (χ4v) is 2.83. The number of methoxy groups -OCH3 is 2. The Hall–Kier alpha value is -1.50. The smallest absolute Gasteiger partial charge is 0.236 e. The summed E-state index contributed by atoms with van der Waals surface area (Å²) >= 11 is 0. The molecule has 1 aromatic rings. The summed E-state index contributed by atoms with van der Waals surface area (Å²) in [7, 11) is 3.22. The topological polar surface area (TPSA) is 60.0 Å². The minimum absolute atomic E-state index is 0. The van der Waals surface area contributed by atoms with Crippen molar-refractivity contribution in [2.45, 2.75) is 32.4 Å². The maximum atomic E-state index is 12.4. The first-order chi connectivity index (χ1) is 11.7. The van der Waals surface area contributed by atoms with Crippen molar-refractivity contribution < 1.29 is 19.0 Å². The predicted molar refractivity (Wildman–Crippen MR) is 99.7 cm³/mol. The van der Waals surface area contributed by atoms with Crippen LogP contribution in [0.4, 0.5) is 0 Å². The molecule has 1 fully saturated rings. The molecule has 25 heavy (non-hydrogen) atoms. The van der Waals surface area contributed by atoms with E-state index in [1.807, 2.05) is 30.0 Å². The van der Waals surface area contributed by atoms with Crippen LogP contribution in [0.5, 0.6) is 11.5 Å². The van der Waals surface area contributed by atoms with Gasteiger partial charge in [-0.15, -0.1) is 12.4 Å². The van der Waals surface area contributed by atoms with E-state index in [1.165, 1.54) is 0 Å². The Balaban J connectivity index is 0.00000312. The molecule has 0 aliphatic carbocycles. The molecule has 0 radical (unpaired) electrons. The summed E-state index contributed by atoms with van der Waals surface area (Å²) in [5.41, 5.74) is 1.02. The summed E-state index contributed by atoms with van der Waals surface area (Å²) in [6.45, 7) is 5.10. The van der Waals surface area contributed by atoms with E-state index in [-0.39, 0.29) is 24.4 Å². The van der Waals surface area contributed by atoms with Crippen molar-refractivity contribution >= 4 is 18.3 Å². The lowest BCUT2D eigenvalue weighted by atomic mass is 10.2. The van der Waals surface area contributed by atoms with Gasteiger partial charge in [0.2, 0.25) is 5.91 Å². The molecule has 0 saturated carbocycles. The monoisotopic (exact) mass is 372 g/mol. The summed E-state index contributed by atoms with van der Waals surface area (Å²) in [6, 6.07) is 5.73. The summed E-state index contributed by atoms with van der Waals surface area (Å²) in [5, 5.41) is 3.21. The van der Waals surface area contributed by atoms with E-state index < -0.39 is 0 Å². The quantitative estimate of drug-likeness (QED) is 0.720. The van der Waals surface area contributed by atoms with Crippen molar-refractivity contribution in [2.75, 3.05) is 40.5 Å². The summed E-state index contributed by atoms with van der Waals surface area (Å²) < 4.78 is 16.1. The summed E-state index contributed by atoms with van der Waals surface area (Å²) in [6.07, 6.45) is 2.43. The number of rotatable bonds is 9. The molecule has 1 unspecified atom stereocenters. The van der Waals surface area contributed by atoms with Crippen LogP contribution in [-0.4, -0.2) is 57.4 Å². The molecular weight excluding hydrogens is 344 g/mol. The molecule has 142 valence electrons. The first kappa shape index (κ1) is 21.5. The lowest BCUT2D eigenvalue weighted by molar-refractivity contribution is -0.130. The van der Waals surface area contributed by atoms with Gasteiger partial charge in [0.15, 0.2) is 11.5 Å².